The summed E-state index contributed by atoms with van der Waals surface area (Å²) in [6.07, 6.45) is 0. The Morgan fingerprint density at radius 1 is 1.10 bits per heavy atom. The first kappa shape index (κ1) is 13.2. The first-order chi connectivity index (χ1) is 9.63. The van der Waals surface area contributed by atoms with Gasteiger partial charge in [-0.15, -0.1) is 0 Å². The molecule has 0 aliphatic heterocycles. The van der Waals surface area contributed by atoms with Crippen LogP contribution in [0.3, 0.4) is 0 Å². The molecule has 1 heterocycles. The highest BCUT2D eigenvalue weighted by Gasteiger charge is 2.16. The largest absolute Gasteiger partial charge is 0.456 e. The maximum atomic E-state index is 12.7. The topological polar surface area (TPSA) is 50.4 Å². The van der Waals surface area contributed by atoms with Crippen molar-refractivity contribution < 1.29 is 8.97 Å². The fourth-order valence-corrected chi connectivity index (χ4v) is 3.12. The minimum atomic E-state index is -0.0964. The van der Waals surface area contributed by atoms with Crippen molar-refractivity contribution in [3.05, 3.63) is 52.2 Å². The summed E-state index contributed by atoms with van der Waals surface area (Å²) in [7, 11) is 0. The van der Waals surface area contributed by atoms with Gasteiger partial charge in [0, 0.05) is 12.0 Å². The Balaban J connectivity index is 2.53. The van der Waals surface area contributed by atoms with Gasteiger partial charge in [0.2, 0.25) is 5.43 Å². The highest BCUT2D eigenvalue weighted by molar-refractivity contribution is 7.94. The summed E-state index contributed by atoms with van der Waals surface area (Å²) in [5, 5.41) is 0.999. The Labute approximate surface area is 120 Å². The van der Waals surface area contributed by atoms with Crippen LogP contribution in [0.15, 0.2) is 50.5 Å². The van der Waals surface area contributed by atoms with E-state index in [0.29, 0.717) is 38.9 Å². The molecule has 1 aromatic heterocycles. The molecule has 2 aromatic carbocycles. The first-order valence-corrected chi connectivity index (χ1v) is 7.20. The van der Waals surface area contributed by atoms with E-state index < -0.39 is 0 Å². The third-order valence-corrected chi connectivity index (χ3v) is 4.06. The molecule has 0 radical (unpaired) electrons. The lowest BCUT2D eigenvalue weighted by Crippen LogP contribution is -2.05. The van der Waals surface area contributed by atoms with Gasteiger partial charge in [0.15, 0.2) is 0 Å². The molecule has 3 rings (SSSR count). The van der Waals surface area contributed by atoms with Gasteiger partial charge < -0.3 is 8.97 Å². The Morgan fingerprint density at radius 2 is 1.85 bits per heavy atom. The average Bonchev–Trinajstić information content (AvgIpc) is 2.46. The van der Waals surface area contributed by atoms with Crippen LogP contribution in [0.4, 0.5) is 0 Å². The zero-order valence-electron chi connectivity index (χ0n) is 11.2. The van der Waals surface area contributed by atoms with Crippen molar-refractivity contribution in [3.8, 4) is 0 Å². The molecular formula is C16H14O3S. The molecule has 0 unspecified atom stereocenters. The normalized spacial score (nSPS) is 11.6. The molecule has 0 fully saturated rings. The van der Waals surface area contributed by atoms with Crippen LogP contribution in [0, 0.1) is 0 Å². The standard InChI is InChI=1S/C16H14O3S/c1-9(2)10-7-8-13-14(16(10)20-18)15(17)11-5-3-4-6-12(11)19-13/h3-9,18H,1-2H3. The van der Waals surface area contributed by atoms with Crippen LogP contribution in [0.2, 0.25) is 0 Å². The van der Waals surface area contributed by atoms with E-state index in [9.17, 15) is 9.35 Å². The Kier molecular flexibility index (Phi) is 3.28. The molecule has 0 saturated heterocycles. The second-order valence-electron chi connectivity index (χ2n) is 5.03. The van der Waals surface area contributed by atoms with Crippen molar-refractivity contribution in [2.24, 2.45) is 0 Å². The second-order valence-corrected chi connectivity index (χ2v) is 5.62. The third kappa shape index (κ3) is 1.92. The molecule has 0 aliphatic rings. The highest BCUT2D eigenvalue weighted by Crippen LogP contribution is 2.33. The number of benzene rings is 2. The van der Waals surface area contributed by atoms with Crippen molar-refractivity contribution in [1.29, 1.82) is 0 Å². The summed E-state index contributed by atoms with van der Waals surface area (Å²) in [6, 6.07) is 10.9. The zero-order valence-corrected chi connectivity index (χ0v) is 12.0. The summed E-state index contributed by atoms with van der Waals surface area (Å²) in [6.45, 7) is 4.06. The third-order valence-electron chi connectivity index (χ3n) is 3.44. The van der Waals surface area contributed by atoms with Crippen molar-refractivity contribution in [2.75, 3.05) is 0 Å². The second kappa shape index (κ2) is 4.96. The summed E-state index contributed by atoms with van der Waals surface area (Å²) in [4.78, 5) is 13.3. The lowest BCUT2D eigenvalue weighted by atomic mass is 10.0. The van der Waals surface area contributed by atoms with E-state index in [2.05, 4.69) is 0 Å². The number of para-hydroxylation sites is 1. The van der Waals surface area contributed by atoms with Gasteiger partial charge in [-0.1, -0.05) is 32.0 Å². The summed E-state index contributed by atoms with van der Waals surface area (Å²) in [5.74, 6) is 0.222. The van der Waals surface area contributed by atoms with Gasteiger partial charge in [-0.05, 0) is 29.7 Å². The first-order valence-electron chi connectivity index (χ1n) is 6.43. The van der Waals surface area contributed by atoms with Crippen molar-refractivity contribution in [1.82, 2.24) is 0 Å². The molecule has 0 bridgehead atoms. The van der Waals surface area contributed by atoms with Crippen LogP contribution in [0.5, 0.6) is 0 Å². The molecule has 0 aliphatic carbocycles. The van der Waals surface area contributed by atoms with E-state index in [1.165, 1.54) is 0 Å². The lowest BCUT2D eigenvalue weighted by molar-refractivity contribution is 0.652. The number of hydrogen-bond acceptors (Lipinski definition) is 4. The van der Waals surface area contributed by atoms with Gasteiger partial charge in [-0.25, -0.2) is 0 Å². The summed E-state index contributed by atoms with van der Waals surface area (Å²) >= 11 is 0.616. The van der Waals surface area contributed by atoms with E-state index in [1.54, 1.807) is 18.2 Å². The minimum Gasteiger partial charge on any atom is -0.456 e. The maximum Gasteiger partial charge on any atom is 0.201 e. The number of hydrogen-bond donors (Lipinski definition) is 1. The average molecular weight is 286 g/mol. The molecule has 0 amide bonds. The van der Waals surface area contributed by atoms with E-state index in [1.807, 2.05) is 32.0 Å². The van der Waals surface area contributed by atoms with Crippen molar-refractivity contribution >= 4 is 34.0 Å². The molecule has 1 N–H and O–H groups in total. The van der Waals surface area contributed by atoms with E-state index >= 15 is 0 Å². The van der Waals surface area contributed by atoms with Crippen LogP contribution in [0.25, 0.3) is 21.9 Å². The molecule has 3 aromatic rings. The molecule has 3 nitrogen and oxygen atoms in total. The van der Waals surface area contributed by atoms with Gasteiger partial charge in [0.1, 0.15) is 11.2 Å². The predicted octanol–water partition coefficient (Wildman–Crippen LogP) is 4.63. The van der Waals surface area contributed by atoms with Gasteiger partial charge in [-0.3, -0.25) is 4.79 Å². The predicted molar refractivity (Wildman–Crippen MR) is 82.6 cm³/mol. The smallest absolute Gasteiger partial charge is 0.201 e. The quantitative estimate of drug-likeness (QED) is 0.551. The van der Waals surface area contributed by atoms with Crippen LogP contribution in [0.1, 0.15) is 25.3 Å². The number of rotatable bonds is 2. The number of fused-ring (bicyclic) bond motifs is 2. The van der Waals surface area contributed by atoms with Gasteiger partial charge in [0.25, 0.3) is 0 Å². The lowest BCUT2D eigenvalue weighted by Gasteiger charge is -2.12. The van der Waals surface area contributed by atoms with Crippen LogP contribution >= 0.6 is 12.0 Å². The van der Waals surface area contributed by atoms with Gasteiger partial charge in [-0.2, -0.15) is 0 Å². The zero-order chi connectivity index (χ0) is 14.3. The Morgan fingerprint density at radius 3 is 2.55 bits per heavy atom. The molecule has 4 heteroatoms. The fraction of sp³-hybridized carbons (Fsp3) is 0.188. The van der Waals surface area contributed by atoms with Crippen molar-refractivity contribution in [2.45, 2.75) is 24.7 Å². The van der Waals surface area contributed by atoms with E-state index in [0.717, 1.165) is 5.56 Å². The highest BCUT2D eigenvalue weighted by atomic mass is 32.2. The summed E-state index contributed by atoms with van der Waals surface area (Å²) < 4.78 is 15.4. The Bertz CT molecular complexity index is 849. The summed E-state index contributed by atoms with van der Waals surface area (Å²) in [5.41, 5.74) is 1.93. The minimum absolute atomic E-state index is 0.0964. The molecular weight excluding hydrogens is 272 g/mol. The SMILES string of the molecule is CC(C)c1ccc2oc3ccccc3c(=O)c2c1SO. The molecule has 102 valence electrons. The van der Waals surface area contributed by atoms with Crippen molar-refractivity contribution in [3.63, 3.8) is 0 Å². The molecule has 0 saturated carbocycles. The fourth-order valence-electron chi connectivity index (χ4n) is 2.43. The van der Waals surface area contributed by atoms with E-state index in [4.69, 9.17) is 4.42 Å². The molecule has 0 atom stereocenters. The van der Waals surface area contributed by atoms with Crippen LogP contribution in [-0.2, 0) is 0 Å². The van der Waals surface area contributed by atoms with E-state index in [-0.39, 0.29) is 11.3 Å². The molecule has 0 spiro atoms. The van der Waals surface area contributed by atoms with Crippen LogP contribution in [-0.4, -0.2) is 4.55 Å². The van der Waals surface area contributed by atoms with Gasteiger partial charge in [0.05, 0.1) is 15.7 Å². The Hall–Kier alpha value is -1.78. The maximum absolute atomic E-state index is 12.7. The monoisotopic (exact) mass is 286 g/mol. The van der Waals surface area contributed by atoms with Gasteiger partial charge >= 0.3 is 0 Å². The molecule has 20 heavy (non-hydrogen) atoms. The van der Waals surface area contributed by atoms with Crippen LogP contribution < -0.4 is 5.43 Å².